The summed E-state index contributed by atoms with van der Waals surface area (Å²) in [7, 11) is 0. The van der Waals surface area contributed by atoms with Crippen molar-refractivity contribution < 1.29 is 14.3 Å². The van der Waals surface area contributed by atoms with Gasteiger partial charge in [0.15, 0.2) is 11.5 Å². The van der Waals surface area contributed by atoms with Crippen LogP contribution in [0.15, 0.2) is 34.8 Å². The summed E-state index contributed by atoms with van der Waals surface area (Å²) >= 11 is 9.44. The minimum atomic E-state index is -0.324. The molecule has 21 heavy (non-hydrogen) atoms. The van der Waals surface area contributed by atoms with Crippen molar-refractivity contribution >= 4 is 44.8 Å². The van der Waals surface area contributed by atoms with Crippen molar-refractivity contribution in [2.75, 3.05) is 17.8 Å². The number of anilines is 2. The maximum absolute atomic E-state index is 12.3. The van der Waals surface area contributed by atoms with Crippen LogP contribution in [0.25, 0.3) is 0 Å². The molecule has 0 saturated heterocycles. The van der Waals surface area contributed by atoms with E-state index >= 15 is 0 Å². The molecule has 0 atom stereocenters. The van der Waals surface area contributed by atoms with E-state index in [9.17, 15) is 4.79 Å². The predicted molar refractivity (Wildman–Crippen MR) is 84.1 cm³/mol. The van der Waals surface area contributed by atoms with E-state index in [0.717, 1.165) is 0 Å². The van der Waals surface area contributed by atoms with Gasteiger partial charge in [0.2, 0.25) is 6.79 Å². The number of rotatable bonds is 2. The van der Waals surface area contributed by atoms with Gasteiger partial charge in [0, 0.05) is 22.3 Å². The van der Waals surface area contributed by atoms with Crippen LogP contribution in [-0.4, -0.2) is 12.7 Å². The molecule has 7 heteroatoms. The highest BCUT2D eigenvalue weighted by Crippen LogP contribution is 2.39. The number of fused-ring (bicyclic) bond motifs is 1. The molecule has 0 radical (unpaired) electrons. The Morgan fingerprint density at radius 2 is 1.95 bits per heavy atom. The Morgan fingerprint density at radius 3 is 2.71 bits per heavy atom. The SMILES string of the molecule is Nc1ccc(Br)c(C(=O)Nc2cc3c(cc2Cl)OCO3)c1. The predicted octanol–water partition coefficient (Wildman–Crippen LogP) is 3.67. The second-order valence-corrected chi connectivity index (χ2v) is 5.64. The first kappa shape index (κ1) is 14.0. The maximum Gasteiger partial charge on any atom is 0.256 e. The lowest BCUT2D eigenvalue weighted by Crippen LogP contribution is -2.13. The molecule has 2 aromatic rings. The molecule has 5 nitrogen and oxygen atoms in total. The van der Waals surface area contributed by atoms with E-state index in [0.29, 0.717) is 37.9 Å². The van der Waals surface area contributed by atoms with E-state index < -0.39 is 0 Å². The number of hydrogen-bond donors (Lipinski definition) is 2. The number of nitrogens with two attached hydrogens (primary N) is 1. The fourth-order valence-electron chi connectivity index (χ4n) is 1.92. The molecule has 0 bridgehead atoms. The molecule has 1 amide bonds. The fourth-order valence-corrected chi connectivity index (χ4v) is 2.55. The summed E-state index contributed by atoms with van der Waals surface area (Å²) in [5, 5.41) is 3.10. The van der Waals surface area contributed by atoms with E-state index in [1.54, 1.807) is 30.3 Å². The minimum Gasteiger partial charge on any atom is -0.454 e. The number of amides is 1. The molecule has 0 spiro atoms. The van der Waals surface area contributed by atoms with Crippen molar-refractivity contribution in [3.63, 3.8) is 0 Å². The van der Waals surface area contributed by atoms with Crippen molar-refractivity contribution in [2.45, 2.75) is 0 Å². The Hall–Kier alpha value is -1.92. The second-order valence-electron chi connectivity index (χ2n) is 4.38. The maximum atomic E-state index is 12.3. The Labute approximate surface area is 134 Å². The van der Waals surface area contributed by atoms with Gasteiger partial charge in [0.1, 0.15) is 0 Å². The molecule has 2 aromatic carbocycles. The molecule has 3 rings (SSSR count). The van der Waals surface area contributed by atoms with Crippen LogP contribution in [0.3, 0.4) is 0 Å². The smallest absolute Gasteiger partial charge is 0.256 e. The molecule has 1 heterocycles. The quantitative estimate of drug-likeness (QED) is 0.792. The van der Waals surface area contributed by atoms with Crippen LogP contribution < -0.4 is 20.5 Å². The first-order chi connectivity index (χ1) is 10.0. The lowest BCUT2D eigenvalue weighted by molar-refractivity contribution is 0.102. The van der Waals surface area contributed by atoms with Crippen LogP contribution in [0.5, 0.6) is 11.5 Å². The molecule has 0 aliphatic carbocycles. The number of halogens is 2. The van der Waals surface area contributed by atoms with Gasteiger partial charge in [0.25, 0.3) is 5.91 Å². The molecule has 3 N–H and O–H groups in total. The van der Waals surface area contributed by atoms with Crippen molar-refractivity contribution in [3.8, 4) is 11.5 Å². The monoisotopic (exact) mass is 368 g/mol. The van der Waals surface area contributed by atoms with E-state index in [4.69, 9.17) is 26.8 Å². The zero-order valence-corrected chi connectivity index (χ0v) is 13.0. The van der Waals surface area contributed by atoms with E-state index in [2.05, 4.69) is 21.2 Å². The summed E-state index contributed by atoms with van der Waals surface area (Å²) in [5.74, 6) is 0.777. The second kappa shape index (κ2) is 5.46. The lowest BCUT2D eigenvalue weighted by Gasteiger charge is -2.10. The Morgan fingerprint density at radius 1 is 1.24 bits per heavy atom. The zero-order valence-electron chi connectivity index (χ0n) is 10.7. The van der Waals surface area contributed by atoms with Gasteiger partial charge in [0.05, 0.1) is 16.3 Å². The Balaban J connectivity index is 1.90. The normalized spacial score (nSPS) is 12.3. The number of benzene rings is 2. The Kier molecular flexibility index (Phi) is 3.65. The van der Waals surface area contributed by atoms with Crippen LogP contribution in [0.2, 0.25) is 5.02 Å². The van der Waals surface area contributed by atoms with E-state index in [1.807, 2.05) is 0 Å². The van der Waals surface area contributed by atoms with Gasteiger partial charge in [-0.25, -0.2) is 0 Å². The van der Waals surface area contributed by atoms with Gasteiger partial charge in [-0.15, -0.1) is 0 Å². The Bertz CT molecular complexity index is 736. The van der Waals surface area contributed by atoms with Crippen LogP contribution in [0, 0.1) is 0 Å². The summed E-state index contributed by atoms with van der Waals surface area (Å²) in [6, 6.07) is 8.23. The number of nitrogen functional groups attached to an aromatic ring is 1. The third-order valence-electron chi connectivity index (χ3n) is 2.95. The van der Waals surface area contributed by atoms with Crippen molar-refractivity contribution in [1.82, 2.24) is 0 Å². The standard InChI is InChI=1S/C14H10BrClN2O3/c15-9-2-1-7(17)3-8(9)14(19)18-11-5-13-12(4-10(11)16)20-6-21-13/h1-5H,6,17H2,(H,18,19). The zero-order chi connectivity index (χ0) is 15.0. The highest BCUT2D eigenvalue weighted by Gasteiger charge is 2.19. The first-order valence-electron chi connectivity index (χ1n) is 6.00. The number of carbonyl (C=O) groups is 1. The highest BCUT2D eigenvalue weighted by atomic mass is 79.9. The number of carbonyl (C=O) groups excluding carboxylic acids is 1. The molecular weight excluding hydrogens is 360 g/mol. The molecule has 108 valence electrons. The third-order valence-corrected chi connectivity index (χ3v) is 3.95. The molecule has 0 unspecified atom stereocenters. The summed E-state index contributed by atoms with van der Waals surface area (Å²) in [6.07, 6.45) is 0. The topological polar surface area (TPSA) is 73.6 Å². The summed E-state index contributed by atoms with van der Waals surface area (Å²) in [4.78, 5) is 12.3. The molecule has 0 fully saturated rings. The van der Waals surface area contributed by atoms with Gasteiger partial charge >= 0.3 is 0 Å². The van der Waals surface area contributed by atoms with Crippen LogP contribution >= 0.6 is 27.5 Å². The van der Waals surface area contributed by atoms with Gasteiger partial charge in [-0.1, -0.05) is 11.6 Å². The highest BCUT2D eigenvalue weighted by molar-refractivity contribution is 9.10. The first-order valence-corrected chi connectivity index (χ1v) is 7.17. The average molecular weight is 370 g/mol. The van der Waals surface area contributed by atoms with Crippen LogP contribution in [0.4, 0.5) is 11.4 Å². The summed E-state index contributed by atoms with van der Waals surface area (Å²) in [6.45, 7) is 0.143. The van der Waals surface area contributed by atoms with Crippen molar-refractivity contribution in [2.24, 2.45) is 0 Å². The fraction of sp³-hybridized carbons (Fsp3) is 0.0714. The van der Waals surface area contributed by atoms with Crippen LogP contribution in [0.1, 0.15) is 10.4 Å². The van der Waals surface area contributed by atoms with Gasteiger partial charge in [-0.3, -0.25) is 4.79 Å². The van der Waals surface area contributed by atoms with Crippen molar-refractivity contribution in [3.05, 3.63) is 45.4 Å². The summed E-state index contributed by atoms with van der Waals surface area (Å²) < 4.78 is 11.1. The van der Waals surface area contributed by atoms with E-state index in [1.165, 1.54) is 0 Å². The third kappa shape index (κ3) is 2.77. The average Bonchev–Trinajstić information content (AvgIpc) is 2.88. The van der Waals surface area contributed by atoms with Gasteiger partial charge < -0.3 is 20.5 Å². The lowest BCUT2D eigenvalue weighted by atomic mass is 10.2. The number of nitrogens with one attached hydrogen (secondary N) is 1. The molecule has 0 aromatic heterocycles. The largest absolute Gasteiger partial charge is 0.454 e. The van der Waals surface area contributed by atoms with Gasteiger partial charge in [-0.2, -0.15) is 0 Å². The molecular formula is C14H10BrClN2O3. The summed E-state index contributed by atoms with van der Waals surface area (Å²) in [5.41, 5.74) is 7.06. The van der Waals surface area contributed by atoms with Gasteiger partial charge in [-0.05, 0) is 34.1 Å². The van der Waals surface area contributed by atoms with Crippen molar-refractivity contribution in [1.29, 1.82) is 0 Å². The van der Waals surface area contributed by atoms with Crippen LogP contribution in [-0.2, 0) is 0 Å². The minimum absolute atomic E-state index is 0.143. The molecule has 1 aliphatic rings. The molecule has 1 aliphatic heterocycles. The van der Waals surface area contributed by atoms with E-state index in [-0.39, 0.29) is 12.7 Å². The molecule has 0 saturated carbocycles. The number of ether oxygens (including phenoxy) is 2. The number of hydrogen-bond acceptors (Lipinski definition) is 4.